The predicted molar refractivity (Wildman–Crippen MR) is 81.8 cm³/mol. The molecular formula is C12H18BrNO2S2. The Hall–Kier alpha value is -0.0400. The molecule has 2 N–H and O–H groups in total. The van der Waals surface area contributed by atoms with Crippen molar-refractivity contribution in [2.75, 3.05) is 17.8 Å². The van der Waals surface area contributed by atoms with Gasteiger partial charge in [-0.15, -0.1) is 11.8 Å². The molecule has 0 heterocycles. The summed E-state index contributed by atoms with van der Waals surface area (Å²) in [7, 11) is -2.86. The largest absolute Gasteiger partial charge is 0.327 e. The van der Waals surface area contributed by atoms with E-state index in [1.807, 2.05) is 24.3 Å². The Bertz CT molecular complexity index is 459. The number of thioether (sulfide) groups is 1. The van der Waals surface area contributed by atoms with E-state index in [0.29, 0.717) is 6.42 Å². The summed E-state index contributed by atoms with van der Waals surface area (Å²) in [4.78, 5) is 1.18. The third-order valence-corrected chi connectivity index (χ3v) is 5.13. The monoisotopic (exact) mass is 351 g/mol. The van der Waals surface area contributed by atoms with Crippen LogP contribution in [0.5, 0.6) is 0 Å². The minimum Gasteiger partial charge on any atom is -0.327 e. The second-order valence-electron chi connectivity index (χ2n) is 4.30. The van der Waals surface area contributed by atoms with Crippen LogP contribution >= 0.6 is 27.7 Å². The molecule has 18 heavy (non-hydrogen) atoms. The van der Waals surface area contributed by atoms with Gasteiger partial charge in [0.05, 0.1) is 0 Å². The molecule has 1 rings (SSSR count). The lowest BCUT2D eigenvalue weighted by Crippen LogP contribution is -2.23. The highest BCUT2D eigenvalue weighted by Gasteiger charge is 2.07. The maximum absolute atomic E-state index is 11.0. The van der Waals surface area contributed by atoms with Gasteiger partial charge in [0.25, 0.3) is 0 Å². The maximum atomic E-state index is 11.0. The predicted octanol–water partition coefficient (Wildman–Crippen LogP) is 2.69. The second kappa shape index (κ2) is 7.53. The summed E-state index contributed by atoms with van der Waals surface area (Å²) in [5.41, 5.74) is 5.96. The second-order valence-corrected chi connectivity index (χ2v) is 8.57. The van der Waals surface area contributed by atoms with E-state index in [0.717, 1.165) is 16.6 Å². The van der Waals surface area contributed by atoms with Crippen molar-refractivity contribution >= 4 is 37.5 Å². The Kier molecular flexibility index (Phi) is 6.70. The molecule has 0 saturated heterocycles. The summed E-state index contributed by atoms with van der Waals surface area (Å²) in [6.07, 6.45) is 2.65. The van der Waals surface area contributed by atoms with Gasteiger partial charge in [-0.2, -0.15) is 0 Å². The van der Waals surface area contributed by atoms with Crippen molar-refractivity contribution in [1.82, 2.24) is 0 Å². The fraction of sp³-hybridized carbons (Fsp3) is 0.500. The van der Waals surface area contributed by atoms with E-state index in [4.69, 9.17) is 5.73 Å². The van der Waals surface area contributed by atoms with Crippen molar-refractivity contribution in [1.29, 1.82) is 0 Å². The maximum Gasteiger partial charge on any atom is 0.147 e. The molecule has 0 aliphatic heterocycles. The van der Waals surface area contributed by atoms with Crippen LogP contribution in [0.3, 0.4) is 0 Å². The molecule has 0 radical (unpaired) electrons. The molecule has 1 unspecified atom stereocenters. The van der Waals surface area contributed by atoms with Gasteiger partial charge in [0.1, 0.15) is 9.84 Å². The lowest BCUT2D eigenvalue weighted by molar-refractivity contribution is 0.591. The van der Waals surface area contributed by atoms with Crippen LogP contribution in [0.1, 0.15) is 12.8 Å². The highest BCUT2D eigenvalue weighted by Crippen LogP contribution is 2.21. The molecule has 102 valence electrons. The first-order chi connectivity index (χ1) is 8.37. The Labute approximate surface area is 122 Å². The van der Waals surface area contributed by atoms with Crippen LogP contribution in [0.15, 0.2) is 33.6 Å². The highest BCUT2D eigenvalue weighted by atomic mass is 79.9. The van der Waals surface area contributed by atoms with Crippen LogP contribution in [-0.4, -0.2) is 32.2 Å². The Morgan fingerprint density at radius 3 is 2.50 bits per heavy atom. The number of sulfone groups is 1. The zero-order valence-corrected chi connectivity index (χ0v) is 13.5. The molecule has 0 amide bonds. The molecule has 0 saturated carbocycles. The minimum atomic E-state index is -2.86. The molecule has 0 aliphatic carbocycles. The summed E-state index contributed by atoms with van der Waals surface area (Å²) in [6.45, 7) is 0. The van der Waals surface area contributed by atoms with Gasteiger partial charge in [-0.3, -0.25) is 0 Å². The third-order valence-electron chi connectivity index (χ3n) is 2.37. The molecule has 1 atom stereocenters. The van der Waals surface area contributed by atoms with Crippen LogP contribution in [0.2, 0.25) is 0 Å². The fourth-order valence-electron chi connectivity index (χ4n) is 1.43. The van der Waals surface area contributed by atoms with E-state index in [-0.39, 0.29) is 11.8 Å². The van der Waals surface area contributed by atoms with Gasteiger partial charge in [-0.05, 0) is 37.1 Å². The summed E-state index contributed by atoms with van der Waals surface area (Å²) < 4.78 is 23.0. The first-order valence-electron chi connectivity index (χ1n) is 5.68. The normalized spacial score (nSPS) is 13.5. The van der Waals surface area contributed by atoms with E-state index < -0.39 is 9.84 Å². The average Bonchev–Trinajstić information content (AvgIpc) is 2.26. The molecule has 0 aliphatic rings. The fourth-order valence-corrected chi connectivity index (χ4v) is 3.28. The van der Waals surface area contributed by atoms with Gasteiger partial charge in [0.2, 0.25) is 0 Å². The third kappa shape index (κ3) is 7.41. The Balaban J connectivity index is 2.24. The van der Waals surface area contributed by atoms with Crippen molar-refractivity contribution in [2.24, 2.45) is 5.73 Å². The number of benzene rings is 1. The summed E-state index contributed by atoms with van der Waals surface area (Å²) >= 11 is 5.09. The lowest BCUT2D eigenvalue weighted by atomic mass is 10.2. The number of nitrogens with two attached hydrogens (primary N) is 1. The highest BCUT2D eigenvalue weighted by molar-refractivity contribution is 9.10. The van der Waals surface area contributed by atoms with E-state index in [1.54, 1.807) is 11.8 Å². The van der Waals surface area contributed by atoms with E-state index in [2.05, 4.69) is 15.9 Å². The van der Waals surface area contributed by atoms with Gasteiger partial charge in [-0.25, -0.2) is 8.42 Å². The minimum absolute atomic E-state index is 0.0420. The number of rotatable bonds is 7. The summed E-state index contributed by atoms with van der Waals surface area (Å²) in [6, 6.07) is 8.12. The van der Waals surface area contributed by atoms with E-state index >= 15 is 0 Å². The molecule has 0 bridgehead atoms. The topological polar surface area (TPSA) is 60.2 Å². The zero-order chi connectivity index (χ0) is 13.6. The molecule has 6 heteroatoms. The molecule has 1 aromatic carbocycles. The van der Waals surface area contributed by atoms with Crippen LogP contribution in [0, 0.1) is 0 Å². The average molecular weight is 352 g/mol. The van der Waals surface area contributed by atoms with Gasteiger partial charge in [0.15, 0.2) is 0 Å². The molecule has 3 nitrogen and oxygen atoms in total. The van der Waals surface area contributed by atoms with Crippen molar-refractivity contribution in [3.63, 3.8) is 0 Å². The number of hydrogen-bond donors (Lipinski definition) is 1. The van der Waals surface area contributed by atoms with E-state index in [9.17, 15) is 8.42 Å². The molecular weight excluding hydrogens is 334 g/mol. The number of hydrogen-bond acceptors (Lipinski definition) is 4. The van der Waals surface area contributed by atoms with Crippen LogP contribution in [0.4, 0.5) is 0 Å². The lowest BCUT2D eigenvalue weighted by Gasteiger charge is -2.10. The van der Waals surface area contributed by atoms with Gasteiger partial charge in [0, 0.05) is 33.2 Å². The smallest absolute Gasteiger partial charge is 0.147 e. The quantitative estimate of drug-likeness (QED) is 0.767. The van der Waals surface area contributed by atoms with Crippen molar-refractivity contribution in [2.45, 2.75) is 23.8 Å². The van der Waals surface area contributed by atoms with Crippen molar-refractivity contribution in [3.05, 3.63) is 28.7 Å². The van der Waals surface area contributed by atoms with Crippen LogP contribution < -0.4 is 5.73 Å². The van der Waals surface area contributed by atoms with E-state index in [1.165, 1.54) is 11.2 Å². The van der Waals surface area contributed by atoms with Gasteiger partial charge < -0.3 is 5.73 Å². The first kappa shape index (κ1) is 16.0. The SMILES string of the molecule is CS(=O)(=O)CCCC(N)CSc1ccc(Br)cc1. The van der Waals surface area contributed by atoms with Crippen LogP contribution in [0.25, 0.3) is 0 Å². The summed E-state index contributed by atoms with van der Waals surface area (Å²) in [5.74, 6) is 1.04. The molecule has 0 spiro atoms. The van der Waals surface area contributed by atoms with Crippen molar-refractivity contribution in [3.8, 4) is 0 Å². The molecule has 0 aromatic heterocycles. The standard InChI is InChI=1S/C12H18BrNO2S2/c1-18(15,16)8-2-3-11(14)9-17-12-6-4-10(13)5-7-12/h4-7,11H,2-3,8-9,14H2,1H3. The Morgan fingerprint density at radius 2 is 1.94 bits per heavy atom. The molecule has 0 fully saturated rings. The van der Waals surface area contributed by atoms with Gasteiger partial charge in [-0.1, -0.05) is 15.9 Å². The zero-order valence-electron chi connectivity index (χ0n) is 10.3. The summed E-state index contributed by atoms with van der Waals surface area (Å²) in [5, 5.41) is 0. The number of halogens is 1. The van der Waals surface area contributed by atoms with Gasteiger partial charge >= 0.3 is 0 Å². The van der Waals surface area contributed by atoms with Crippen molar-refractivity contribution < 1.29 is 8.42 Å². The first-order valence-corrected chi connectivity index (χ1v) is 9.52. The van der Waals surface area contributed by atoms with Crippen LogP contribution in [-0.2, 0) is 9.84 Å². The molecule has 1 aromatic rings. The Morgan fingerprint density at radius 1 is 1.33 bits per heavy atom.